The summed E-state index contributed by atoms with van der Waals surface area (Å²) in [5.41, 5.74) is 2.35. The molecule has 1 aliphatic rings. The van der Waals surface area contributed by atoms with Crippen molar-refractivity contribution in [1.29, 1.82) is 0 Å². The van der Waals surface area contributed by atoms with E-state index in [-0.39, 0.29) is 0 Å². The topological polar surface area (TPSA) is 50.7 Å². The highest BCUT2D eigenvalue weighted by atomic mass is 16.5. The first-order valence-corrected chi connectivity index (χ1v) is 4.14. The van der Waals surface area contributed by atoms with Gasteiger partial charge in [0.05, 0.1) is 12.8 Å². The zero-order valence-electron chi connectivity index (χ0n) is 7.33. The van der Waals surface area contributed by atoms with E-state index < -0.39 is 0 Å². The fraction of sp³-hybridized carbons (Fsp3) is 0.333. The third kappa shape index (κ3) is 1.14. The normalized spacial score (nSPS) is 13.3. The summed E-state index contributed by atoms with van der Waals surface area (Å²) in [6, 6.07) is 3.45. The molecule has 4 heteroatoms. The summed E-state index contributed by atoms with van der Waals surface area (Å²) in [6.07, 6.45) is 0.891. The van der Waals surface area contributed by atoms with Crippen LogP contribution in [0, 0.1) is 4.91 Å². The molecule has 0 bridgehead atoms. The molecule has 0 atom stereocenters. The lowest BCUT2D eigenvalue weighted by molar-refractivity contribution is 0.411. The van der Waals surface area contributed by atoms with Crippen molar-refractivity contribution < 1.29 is 4.74 Å². The zero-order chi connectivity index (χ0) is 9.26. The number of hydrogen-bond donors (Lipinski definition) is 1. The number of ether oxygens (including phenoxy) is 1. The summed E-state index contributed by atoms with van der Waals surface area (Å²) in [7, 11) is 1.63. The van der Waals surface area contributed by atoms with Crippen molar-refractivity contribution in [3.8, 4) is 5.75 Å². The number of nitrogens with one attached hydrogen (secondary N) is 1. The summed E-state index contributed by atoms with van der Waals surface area (Å²) in [5, 5.41) is 6.07. The van der Waals surface area contributed by atoms with Gasteiger partial charge < -0.3 is 10.1 Å². The second-order valence-corrected chi connectivity index (χ2v) is 2.91. The van der Waals surface area contributed by atoms with Crippen molar-refractivity contribution in [2.24, 2.45) is 5.18 Å². The SMILES string of the molecule is COc1ccc(N=O)c2c1CCN2. The van der Waals surface area contributed by atoms with E-state index in [1.54, 1.807) is 19.2 Å². The van der Waals surface area contributed by atoms with Gasteiger partial charge in [-0.2, -0.15) is 0 Å². The summed E-state index contributed by atoms with van der Waals surface area (Å²) in [4.78, 5) is 10.4. The fourth-order valence-electron chi connectivity index (χ4n) is 1.64. The minimum atomic E-state index is 0.466. The average Bonchev–Trinajstić information content (AvgIpc) is 2.64. The second-order valence-electron chi connectivity index (χ2n) is 2.91. The first-order chi connectivity index (χ1) is 6.36. The first kappa shape index (κ1) is 8.04. The van der Waals surface area contributed by atoms with Crippen LogP contribution in [-0.2, 0) is 6.42 Å². The van der Waals surface area contributed by atoms with Gasteiger partial charge in [-0.05, 0) is 23.7 Å². The molecule has 0 aromatic heterocycles. The maximum absolute atomic E-state index is 10.4. The number of methoxy groups -OCH3 is 1. The molecule has 1 heterocycles. The summed E-state index contributed by atoms with van der Waals surface area (Å²) in [6.45, 7) is 0.845. The fourth-order valence-corrected chi connectivity index (χ4v) is 1.64. The van der Waals surface area contributed by atoms with Crippen LogP contribution in [0.25, 0.3) is 0 Å². The van der Waals surface area contributed by atoms with E-state index in [0.29, 0.717) is 5.69 Å². The van der Waals surface area contributed by atoms with Crippen molar-refractivity contribution in [3.05, 3.63) is 22.6 Å². The van der Waals surface area contributed by atoms with Crippen LogP contribution in [0.5, 0.6) is 5.75 Å². The summed E-state index contributed by atoms with van der Waals surface area (Å²) in [5.74, 6) is 0.826. The Morgan fingerprint density at radius 1 is 1.54 bits per heavy atom. The van der Waals surface area contributed by atoms with E-state index in [0.717, 1.165) is 30.0 Å². The number of nitroso groups, excluding NO2 is 1. The van der Waals surface area contributed by atoms with Crippen molar-refractivity contribution in [1.82, 2.24) is 0 Å². The van der Waals surface area contributed by atoms with Crippen molar-refractivity contribution >= 4 is 11.4 Å². The van der Waals surface area contributed by atoms with Gasteiger partial charge in [-0.1, -0.05) is 0 Å². The van der Waals surface area contributed by atoms with Gasteiger partial charge in [0.15, 0.2) is 0 Å². The third-order valence-electron chi connectivity index (χ3n) is 2.24. The molecule has 0 spiro atoms. The Morgan fingerprint density at radius 2 is 2.38 bits per heavy atom. The van der Waals surface area contributed by atoms with Gasteiger partial charge >= 0.3 is 0 Å². The number of benzene rings is 1. The van der Waals surface area contributed by atoms with Crippen LogP contribution in [0.15, 0.2) is 17.3 Å². The van der Waals surface area contributed by atoms with Crippen LogP contribution < -0.4 is 10.1 Å². The molecule has 2 rings (SSSR count). The van der Waals surface area contributed by atoms with E-state index in [2.05, 4.69) is 10.5 Å². The lowest BCUT2D eigenvalue weighted by Gasteiger charge is -2.06. The van der Waals surface area contributed by atoms with Gasteiger partial charge in [-0.3, -0.25) is 0 Å². The molecule has 1 N–H and O–H groups in total. The third-order valence-corrected chi connectivity index (χ3v) is 2.24. The van der Waals surface area contributed by atoms with Crippen LogP contribution >= 0.6 is 0 Å². The number of anilines is 1. The maximum atomic E-state index is 10.4. The lowest BCUT2D eigenvalue weighted by Crippen LogP contribution is -1.91. The predicted molar refractivity (Wildman–Crippen MR) is 50.6 cm³/mol. The Kier molecular flexibility index (Phi) is 1.88. The molecule has 0 fully saturated rings. The van der Waals surface area contributed by atoms with Crippen LogP contribution in [0.4, 0.5) is 11.4 Å². The Balaban J connectivity index is 2.58. The molecule has 68 valence electrons. The van der Waals surface area contributed by atoms with E-state index in [9.17, 15) is 4.91 Å². The van der Waals surface area contributed by atoms with Crippen LogP contribution in [0.2, 0.25) is 0 Å². The Labute approximate surface area is 75.9 Å². The van der Waals surface area contributed by atoms with Gasteiger partial charge in [0.2, 0.25) is 0 Å². The Morgan fingerprint density at radius 3 is 3.08 bits per heavy atom. The van der Waals surface area contributed by atoms with Gasteiger partial charge in [-0.25, -0.2) is 0 Å². The highest BCUT2D eigenvalue weighted by molar-refractivity contribution is 5.75. The van der Waals surface area contributed by atoms with E-state index in [4.69, 9.17) is 4.74 Å². The molecule has 1 aromatic carbocycles. The number of hydrogen-bond acceptors (Lipinski definition) is 4. The lowest BCUT2D eigenvalue weighted by atomic mass is 10.1. The Bertz CT molecular complexity index is 350. The summed E-state index contributed by atoms with van der Waals surface area (Å²) >= 11 is 0. The molecular formula is C9H10N2O2. The Hall–Kier alpha value is -1.58. The van der Waals surface area contributed by atoms with E-state index >= 15 is 0 Å². The minimum Gasteiger partial charge on any atom is -0.496 e. The van der Waals surface area contributed by atoms with Crippen molar-refractivity contribution in [3.63, 3.8) is 0 Å². The first-order valence-electron chi connectivity index (χ1n) is 4.14. The average molecular weight is 178 g/mol. The van der Waals surface area contributed by atoms with Gasteiger partial charge in [-0.15, -0.1) is 4.91 Å². The van der Waals surface area contributed by atoms with E-state index in [1.807, 2.05) is 0 Å². The number of nitrogens with zero attached hydrogens (tertiary/aromatic N) is 1. The van der Waals surface area contributed by atoms with Crippen LogP contribution in [0.1, 0.15) is 5.56 Å². The maximum Gasteiger partial charge on any atom is 0.131 e. The van der Waals surface area contributed by atoms with Crippen molar-refractivity contribution in [2.45, 2.75) is 6.42 Å². The molecule has 0 unspecified atom stereocenters. The smallest absolute Gasteiger partial charge is 0.131 e. The molecule has 1 aliphatic heterocycles. The number of rotatable bonds is 2. The molecule has 0 aliphatic carbocycles. The standard InChI is InChI=1S/C9H10N2O2/c1-13-8-3-2-7(11-12)9-6(8)4-5-10-9/h2-3,10H,4-5H2,1H3. The molecule has 1 aromatic rings. The monoisotopic (exact) mass is 178 g/mol. The van der Waals surface area contributed by atoms with Gasteiger partial charge in [0, 0.05) is 12.1 Å². The van der Waals surface area contributed by atoms with Crippen molar-refractivity contribution in [2.75, 3.05) is 19.0 Å². The van der Waals surface area contributed by atoms with Gasteiger partial charge in [0.25, 0.3) is 0 Å². The second kappa shape index (κ2) is 3.05. The molecule has 0 radical (unpaired) electrons. The zero-order valence-corrected chi connectivity index (χ0v) is 7.33. The number of fused-ring (bicyclic) bond motifs is 1. The molecular weight excluding hydrogens is 168 g/mol. The van der Waals surface area contributed by atoms with Crippen LogP contribution in [0.3, 0.4) is 0 Å². The molecule has 13 heavy (non-hydrogen) atoms. The quantitative estimate of drug-likeness (QED) is 0.705. The van der Waals surface area contributed by atoms with Gasteiger partial charge in [0.1, 0.15) is 11.4 Å². The minimum absolute atomic E-state index is 0.466. The molecule has 4 nitrogen and oxygen atoms in total. The highest BCUT2D eigenvalue weighted by Crippen LogP contribution is 2.38. The van der Waals surface area contributed by atoms with E-state index in [1.165, 1.54) is 0 Å². The molecule has 0 saturated heterocycles. The highest BCUT2D eigenvalue weighted by Gasteiger charge is 2.18. The summed E-state index contributed by atoms with van der Waals surface area (Å²) < 4.78 is 5.17. The van der Waals surface area contributed by atoms with Crippen LogP contribution in [-0.4, -0.2) is 13.7 Å². The predicted octanol–water partition coefficient (Wildman–Crippen LogP) is 2.06. The largest absolute Gasteiger partial charge is 0.496 e. The molecule has 0 amide bonds. The molecule has 0 saturated carbocycles.